The van der Waals surface area contributed by atoms with Crippen LogP contribution in [0.3, 0.4) is 0 Å². The molecule has 208 valence electrons. The van der Waals surface area contributed by atoms with E-state index in [9.17, 15) is 9.59 Å². The molecular formula is C33H38N4O3. The first-order chi connectivity index (χ1) is 19.6. The fourth-order valence-corrected chi connectivity index (χ4v) is 5.63. The number of methoxy groups -OCH3 is 1. The number of ether oxygens (including phenoxy) is 1. The number of amides is 2. The summed E-state index contributed by atoms with van der Waals surface area (Å²) in [4.78, 5) is 33.5. The van der Waals surface area contributed by atoms with E-state index in [0.717, 1.165) is 35.3 Å². The maximum atomic E-state index is 13.9. The Bertz CT molecular complexity index is 1430. The van der Waals surface area contributed by atoms with E-state index < -0.39 is 0 Å². The molecule has 40 heavy (non-hydrogen) atoms. The van der Waals surface area contributed by atoms with Crippen LogP contribution in [0.1, 0.15) is 60.3 Å². The number of imidazole rings is 1. The first-order valence-electron chi connectivity index (χ1n) is 14.3. The van der Waals surface area contributed by atoms with Gasteiger partial charge in [-0.15, -0.1) is 0 Å². The zero-order valence-electron chi connectivity index (χ0n) is 23.2. The number of aryl methyl sites for hydroxylation is 1. The minimum Gasteiger partial charge on any atom is -0.497 e. The number of carbonyl (C=O) groups excluding carboxylic acids is 2. The molecule has 0 spiro atoms. The number of aromatic nitrogens is 2. The lowest BCUT2D eigenvalue weighted by Crippen LogP contribution is -2.42. The summed E-state index contributed by atoms with van der Waals surface area (Å²) >= 11 is 0. The Balaban J connectivity index is 1.29. The highest BCUT2D eigenvalue weighted by Crippen LogP contribution is 2.26. The van der Waals surface area contributed by atoms with Gasteiger partial charge in [0.05, 0.1) is 18.1 Å². The Morgan fingerprint density at radius 2 is 1.75 bits per heavy atom. The monoisotopic (exact) mass is 538 g/mol. The van der Waals surface area contributed by atoms with Gasteiger partial charge in [0, 0.05) is 31.1 Å². The molecule has 2 amide bonds. The largest absolute Gasteiger partial charge is 0.497 e. The minimum atomic E-state index is -0.133. The minimum absolute atomic E-state index is 0.131. The molecule has 1 N–H and O–H groups in total. The van der Waals surface area contributed by atoms with Crippen LogP contribution in [0.4, 0.5) is 0 Å². The smallest absolute Gasteiger partial charge is 0.251 e. The van der Waals surface area contributed by atoms with Gasteiger partial charge < -0.3 is 19.5 Å². The standard InChI is InChI=1S/C33H38N4O3/c1-40-28-17-10-14-26(22-28)33(39)34-21-11-20-31-35-29-18-8-9-19-30(29)37(31)24-32(38)36(27-15-6-3-7-16-27)23-25-12-4-2-5-13-25/h2,4-5,8-10,12-14,17-19,22,27H,3,6-7,11,15-16,20-21,23-24H2,1H3,(H,34,39). The predicted molar refractivity (Wildman–Crippen MR) is 157 cm³/mol. The van der Waals surface area contributed by atoms with E-state index in [1.807, 2.05) is 54.6 Å². The molecule has 0 unspecified atom stereocenters. The molecule has 7 nitrogen and oxygen atoms in total. The number of nitrogens with one attached hydrogen (secondary N) is 1. The van der Waals surface area contributed by atoms with Crippen LogP contribution >= 0.6 is 0 Å². The lowest BCUT2D eigenvalue weighted by atomic mass is 9.93. The quantitative estimate of drug-likeness (QED) is 0.246. The average Bonchev–Trinajstić information content (AvgIpc) is 3.35. The van der Waals surface area contributed by atoms with Gasteiger partial charge in [0.1, 0.15) is 18.1 Å². The third-order valence-corrected chi connectivity index (χ3v) is 7.75. The molecule has 1 aliphatic rings. The molecule has 5 rings (SSSR count). The van der Waals surface area contributed by atoms with E-state index in [1.165, 1.54) is 19.3 Å². The summed E-state index contributed by atoms with van der Waals surface area (Å²) < 4.78 is 7.30. The number of carbonyl (C=O) groups is 2. The summed E-state index contributed by atoms with van der Waals surface area (Å²) in [6.45, 7) is 1.40. The Hall–Kier alpha value is -4.13. The van der Waals surface area contributed by atoms with Crippen molar-refractivity contribution in [1.29, 1.82) is 0 Å². The summed E-state index contributed by atoms with van der Waals surface area (Å²) in [7, 11) is 1.59. The predicted octanol–water partition coefficient (Wildman–Crippen LogP) is 5.77. The van der Waals surface area contributed by atoms with Crippen LogP contribution in [0.2, 0.25) is 0 Å². The van der Waals surface area contributed by atoms with E-state index in [2.05, 4.69) is 26.9 Å². The molecule has 1 aliphatic carbocycles. The maximum absolute atomic E-state index is 13.9. The molecular weight excluding hydrogens is 500 g/mol. The molecule has 3 aromatic carbocycles. The van der Waals surface area contributed by atoms with E-state index >= 15 is 0 Å². The number of fused-ring (bicyclic) bond motifs is 1. The highest BCUT2D eigenvalue weighted by Gasteiger charge is 2.27. The molecule has 4 aromatic rings. The van der Waals surface area contributed by atoms with Gasteiger partial charge >= 0.3 is 0 Å². The van der Waals surface area contributed by atoms with Crippen LogP contribution in [0.15, 0.2) is 78.9 Å². The second-order valence-electron chi connectivity index (χ2n) is 10.5. The second-order valence-corrected chi connectivity index (χ2v) is 10.5. The molecule has 1 aromatic heterocycles. The van der Waals surface area contributed by atoms with Crippen LogP contribution < -0.4 is 10.1 Å². The number of hydrogen-bond acceptors (Lipinski definition) is 4. The van der Waals surface area contributed by atoms with Gasteiger partial charge in [-0.1, -0.05) is 67.8 Å². The van der Waals surface area contributed by atoms with Crippen molar-refractivity contribution >= 4 is 22.8 Å². The van der Waals surface area contributed by atoms with Crippen LogP contribution in [0.5, 0.6) is 5.75 Å². The molecule has 0 atom stereocenters. The molecule has 1 heterocycles. The van der Waals surface area contributed by atoms with E-state index in [1.54, 1.807) is 19.2 Å². The molecule has 0 aliphatic heterocycles. The average molecular weight is 539 g/mol. The first kappa shape index (κ1) is 27.4. The van der Waals surface area contributed by atoms with Crippen molar-refractivity contribution in [2.24, 2.45) is 0 Å². The third-order valence-electron chi connectivity index (χ3n) is 7.75. The SMILES string of the molecule is COc1cccc(C(=O)NCCCc2nc3ccccc3n2CC(=O)N(Cc2ccccc2)C2CCCCC2)c1. The van der Waals surface area contributed by atoms with Crippen LogP contribution in [0, 0.1) is 0 Å². The van der Waals surface area contributed by atoms with Crippen molar-refractivity contribution in [2.45, 2.75) is 64.1 Å². The number of nitrogens with zero attached hydrogens (tertiary/aromatic N) is 3. The highest BCUT2D eigenvalue weighted by molar-refractivity contribution is 5.94. The fraction of sp³-hybridized carbons (Fsp3) is 0.364. The molecule has 1 saturated carbocycles. The van der Waals surface area contributed by atoms with Gasteiger partial charge in [-0.05, 0) is 55.2 Å². The zero-order valence-corrected chi connectivity index (χ0v) is 23.2. The zero-order chi connectivity index (χ0) is 27.7. The summed E-state index contributed by atoms with van der Waals surface area (Å²) in [5.74, 6) is 1.52. The Labute approximate surface area is 236 Å². The highest BCUT2D eigenvalue weighted by atomic mass is 16.5. The third kappa shape index (κ3) is 6.71. The molecule has 0 saturated heterocycles. The van der Waals surface area contributed by atoms with Crippen molar-refractivity contribution in [1.82, 2.24) is 19.8 Å². The summed E-state index contributed by atoms with van der Waals surface area (Å²) in [5, 5.41) is 3.00. The number of para-hydroxylation sites is 2. The number of hydrogen-bond donors (Lipinski definition) is 1. The first-order valence-corrected chi connectivity index (χ1v) is 14.3. The summed E-state index contributed by atoms with van der Waals surface area (Å²) in [6.07, 6.45) is 7.07. The van der Waals surface area contributed by atoms with E-state index in [4.69, 9.17) is 9.72 Å². The van der Waals surface area contributed by atoms with Crippen molar-refractivity contribution in [3.63, 3.8) is 0 Å². The van der Waals surface area contributed by atoms with E-state index in [0.29, 0.717) is 37.2 Å². The Morgan fingerprint density at radius 1 is 0.975 bits per heavy atom. The summed E-state index contributed by atoms with van der Waals surface area (Å²) in [6, 6.07) is 25.7. The topological polar surface area (TPSA) is 76.5 Å². The van der Waals surface area contributed by atoms with Crippen LogP contribution in [0.25, 0.3) is 11.0 Å². The van der Waals surface area contributed by atoms with Crippen molar-refractivity contribution in [3.05, 3.63) is 95.8 Å². The number of benzene rings is 3. The number of rotatable bonds is 11. The van der Waals surface area contributed by atoms with Crippen molar-refractivity contribution in [2.75, 3.05) is 13.7 Å². The maximum Gasteiger partial charge on any atom is 0.251 e. The lowest BCUT2D eigenvalue weighted by Gasteiger charge is -2.35. The van der Waals surface area contributed by atoms with Gasteiger partial charge in [-0.25, -0.2) is 4.98 Å². The molecule has 0 bridgehead atoms. The Kier molecular flexibility index (Phi) is 9.11. The molecule has 0 radical (unpaired) electrons. The van der Waals surface area contributed by atoms with Gasteiger partial charge in [0.15, 0.2) is 0 Å². The Morgan fingerprint density at radius 3 is 2.55 bits per heavy atom. The van der Waals surface area contributed by atoms with E-state index in [-0.39, 0.29) is 24.4 Å². The van der Waals surface area contributed by atoms with Crippen molar-refractivity contribution < 1.29 is 14.3 Å². The van der Waals surface area contributed by atoms with Crippen LogP contribution in [-0.2, 0) is 24.3 Å². The van der Waals surface area contributed by atoms with Gasteiger partial charge in [-0.2, -0.15) is 0 Å². The van der Waals surface area contributed by atoms with Gasteiger partial charge in [0.25, 0.3) is 5.91 Å². The fourth-order valence-electron chi connectivity index (χ4n) is 5.63. The lowest BCUT2D eigenvalue weighted by molar-refractivity contribution is -0.135. The molecule has 1 fully saturated rings. The van der Waals surface area contributed by atoms with Gasteiger partial charge in [0.2, 0.25) is 5.91 Å². The van der Waals surface area contributed by atoms with Crippen LogP contribution in [-0.4, -0.2) is 46.0 Å². The molecule has 7 heteroatoms. The summed E-state index contributed by atoms with van der Waals surface area (Å²) in [5.41, 5.74) is 3.58. The van der Waals surface area contributed by atoms with Crippen molar-refractivity contribution in [3.8, 4) is 5.75 Å². The second kappa shape index (κ2) is 13.3. The van der Waals surface area contributed by atoms with Gasteiger partial charge in [-0.3, -0.25) is 9.59 Å². The normalized spacial score (nSPS) is 13.7.